The second-order valence-electron chi connectivity index (χ2n) is 7.81. The van der Waals surface area contributed by atoms with Crippen LogP contribution in [0, 0.1) is 0 Å². The maximum Gasteiger partial charge on any atom is 0.268 e. The summed E-state index contributed by atoms with van der Waals surface area (Å²) in [5, 5.41) is 3.07. The van der Waals surface area contributed by atoms with E-state index in [1.54, 1.807) is 0 Å². The summed E-state index contributed by atoms with van der Waals surface area (Å²) in [5.41, 5.74) is 4.06. The third-order valence-electron chi connectivity index (χ3n) is 5.16. The van der Waals surface area contributed by atoms with Gasteiger partial charge in [-0.2, -0.15) is 0 Å². The Morgan fingerprint density at radius 3 is 2.61 bits per heavy atom. The van der Waals surface area contributed by atoms with Crippen LogP contribution < -0.4 is 5.32 Å². The first-order valence-electron chi connectivity index (χ1n) is 9.62. The van der Waals surface area contributed by atoms with Gasteiger partial charge in [0.1, 0.15) is 5.69 Å². The van der Waals surface area contributed by atoms with Crippen molar-refractivity contribution in [2.45, 2.75) is 38.3 Å². The first-order valence-corrected chi connectivity index (χ1v) is 10.4. The molecule has 1 saturated carbocycles. The molecule has 0 radical (unpaired) electrons. The molecule has 1 fully saturated rings. The molecule has 28 heavy (non-hydrogen) atoms. The van der Waals surface area contributed by atoms with Gasteiger partial charge in [-0.3, -0.25) is 9.59 Å². The number of rotatable bonds is 5. The van der Waals surface area contributed by atoms with Crippen molar-refractivity contribution in [3.8, 4) is 0 Å². The van der Waals surface area contributed by atoms with E-state index in [0.29, 0.717) is 24.4 Å². The van der Waals surface area contributed by atoms with E-state index in [4.69, 9.17) is 0 Å². The minimum Gasteiger partial charge on any atom is -0.383 e. The first kappa shape index (κ1) is 19.0. The Morgan fingerprint density at radius 1 is 1.25 bits per heavy atom. The molecule has 2 aliphatic carbocycles. The Hall–Kier alpha value is -2.34. The van der Waals surface area contributed by atoms with E-state index in [1.807, 2.05) is 60.1 Å². The van der Waals surface area contributed by atoms with Crippen molar-refractivity contribution in [2.75, 3.05) is 14.1 Å². The summed E-state index contributed by atoms with van der Waals surface area (Å²) in [7, 11) is 3.84. The van der Waals surface area contributed by atoms with Crippen LogP contribution in [0.5, 0.6) is 0 Å². The number of aryl methyl sites for hydroxylation is 1. The molecule has 1 aromatic carbocycles. The van der Waals surface area contributed by atoms with Crippen LogP contribution in [0.1, 0.15) is 51.4 Å². The lowest BCUT2D eigenvalue weighted by molar-refractivity contribution is 0.0942. The van der Waals surface area contributed by atoms with Crippen LogP contribution in [0.3, 0.4) is 0 Å². The monoisotopic (exact) mass is 441 g/mol. The van der Waals surface area contributed by atoms with E-state index in [2.05, 4.69) is 21.2 Å². The lowest BCUT2D eigenvalue weighted by Crippen LogP contribution is -2.29. The topological polar surface area (TPSA) is 54.3 Å². The van der Waals surface area contributed by atoms with Gasteiger partial charge in [0.2, 0.25) is 5.78 Å². The molecule has 0 bridgehead atoms. The van der Waals surface area contributed by atoms with Gasteiger partial charge in [-0.05, 0) is 55.0 Å². The molecule has 0 saturated heterocycles. The summed E-state index contributed by atoms with van der Waals surface area (Å²) in [6.45, 7) is 0.497. The zero-order valence-corrected chi connectivity index (χ0v) is 17.8. The molecule has 0 atom stereocenters. The van der Waals surface area contributed by atoms with Gasteiger partial charge in [0.15, 0.2) is 0 Å². The Labute approximate surface area is 173 Å². The summed E-state index contributed by atoms with van der Waals surface area (Å²) in [5.74, 6) is -0.0579. The molecule has 146 valence electrons. The van der Waals surface area contributed by atoms with Crippen LogP contribution in [0.25, 0.3) is 0 Å². The third kappa shape index (κ3) is 3.92. The highest BCUT2D eigenvalue weighted by molar-refractivity contribution is 9.10. The number of allylic oxidation sites excluding steroid dienone is 1. The van der Waals surface area contributed by atoms with Gasteiger partial charge in [0.05, 0.1) is 5.69 Å². The zero-order valence-electron chi connectivity index (χ0n) is 16.2. The van der Waals surface area contributed by atoms with Crippen molar-refractivity contribution in [1.29, 1.82) is 0 Å². The van der Waals surface area contributed by atoms with Gasteiger partial charge >= 0.3 is 0 Å². The maximum absolute atomic E-state index is 13.2. The third-order valence-corrected chi connectivity index (χ3v) is 5.69. The van der Waals surface area contributed by atoms with E-state index >= 15 is 0 Å². The van der Waals surface area contributed by atoms with E-state index in [9.17, 15) is 9.59 Å². The van der Waals surface area contributed by atoms with Gasteiger partial charge in [0, 0.05) is 42.9 Å². The number of aromatic nitrogens is 1. The second-order valence-corrected chi connectivity index (χ2v) is 8.73. The number of nitrogens with zero attached hydrogens (tertiary/aromatic N) is 2. The molecule has 1 amide bonds. The van der Waals surface area contributed by atoms with E-state index in [0.717, 1.165) is 40.4 Å². The number of Topliss-reactive ketones (excluding diaryl/α,β-unsaturated/α-hetero) is 1. The van der Waals surface area contributed by atoms with Crippen LogP contribution in [0.4, 0.5) is 0 Å². The van der Waals surface area contributed by atoms with Gasteiger partial charge in [-0.1, -0.05) is 28.1 Å². The average Bonchev–Trinajstić information content (AvgIpc) is 3.38. The molecule has 1 N–H and O–H groups in total. The molecule has 2 aromatic rings. The van der Waals surface area contributed by atoms with Crippen LogP contribution in [0.2, 0.25) is 0 Å². The largest absolute Gasteiger partial charge is 0.383 e. The quantitative estimate of drug-likeness (QED) is 0.718. The number of hydrogen-bond donors (Lipinski definition) is 1. The van der Waals surface area contributed by atoms with Crippen molar-refractivity contribution in [3.05, 3.63) is 69.1 Å². The zero-order chi connectivity index (χ0) is 19.8. The number of amides is 1. The molecule has 0 aliphatic heterocycles. The molecule has 2 aliphatic rings. The molecule has 0 unspecified atom stereocenters. The number of carbonyl (C=O) groups is 2. The van der Waals surface area contributed by atoms with Crippen LogP contribution >= 0.6 is 15.9 Å². The van der Waals surface area contributed by atoms with Crippen LogP contribution in [-0.4, -0.2) is 41.3 Å². The molecule has 1 aromatic heterocycles. The summed E-state index contributed by atoms with van der Waals surface area (Å²) < 4.78 is 2.91. The summed E-state index contributed by atoms with van der Waals surface area (Å²) in [6, 6.07) is 10.2. The van der Waals surface area contributed by atoms with Gasteiger partial charge in [-0.25, -0.2) is 0 Å². The fourth-order valence-electron chi connectivity index (χ4n) is 3.65. The number of benzene rings is 1. The smallest absolute Gasteiger partial charge is 0.268 e. The molecule has 4 rings (SSSR count). The summed E-state index contributed by atoms with van der Waals surface area (Å²) in [4.78, 5) is 28.0. The van der Waals surface area contributed by atoms with Gasteiger partial charge in [0.25, 0.3) is 5.91 Å². The van der Waals surface area contributed by atoms with Crippen molar-refractivity contribution in [2.24, 2.45) is 0 Å². The molecule has 1 heterocycles. The van der Waals surface area contributed by atoms with E-state index in [-0.39, 0.29) is 17.7 Å². The maximum atomic E-state index is 13.2. The van der Waals surface area contributed by atoms with Gasteiger partial charge in [-0.15, -0.1) is 0 Å². The highest BCUT2D eigenvalue weighted by Crippen LogP contribution is 2.30. The predicted molar refractivity (Wildman–Crippen MR) is 113 cm³/mol. The Balaban J connectivity index is 1.76. The number of fused-ring (bicyclic) bond motifs is 1. The first-order chi connectivity index (χ1) is 13.4. The minimum atomic E-state index is -0.0834. The normalized spacial score (nSPS) is 17.5. The Morgan fingerprint density at radius 2 is 1.96 bits per heavy atom. The van der Waals surface area contributed by atoms with Crippen molar-refractivity contribution < 1.29 is 9.59 Å². The fraction of sp³-hybridized carbons (Fsp3) is 0.364. The number of carbonyl (C=O) groups excluding carboxylic acids is 2. The standard InChI is InChI=1S/C22H24BrN3O2/c1-25(2)13-16-6-5-15-11-19(22(28)24-18-9-10-18)26(20(15)21(16)27)12-14-3-7-17(23)8-4-14/h3-4,7-8,11,13,18H,5-6,9-10,12H2,1-2H3,(H,24,28). The number of hydrogen-bond acceptors (Lipinski definition) is 3. The molecular formula is C22H24BrN3O2. The highest BCUT2D eigenvalue weighted by atomic mass is 79.9. The second kappa shape index (κ2) is 7.59. The summed E-state index contributed by atoms with van der Waals surface area (Å²) >= 11 is 3.46. The molecule has 6 heteroatoms. The number of ketones is 1. The predicted octanol–water partition coefficient (Wildman–Crippen LogP) is 3.77. The highest BCUT2D eigenvalue weighted by Gasteiger charge is 2.32. The fourth-order valence-corrected chi connectivity index (χ4v) is 3.91. The summed E-state index contributed by atoms with van der Waals surface area (Å²) in [6.07, 6.45) is 5.45. The van der Waals surface area contributed by atoms with Crippen LogP contribution in [-0.2, 0) is 13.0 Å². The Bertz CT molecular complexity index is 953. The van der Waals surface area contributed by atoms with E-state index in [1.165, 1.54) is 0 Å². The van der Waals surface area contributed by atoms with E-state index < -0.39 is 0 Å². The van der Waals surface area contributed by atoms with Crippen LogP contribution in [0.15, 0.2) is 46.6 Å². The Kier molecular flexibility index (Phi) is 5.15. The SMILES string of the molecule is CN(C)C=C1CCc2cc(C(=O)NC3CC3)n(Cc3ccc(Br)cc3)c2C1=O. The molecule has 0 spiro atoms. The molecular weight excluding hydrogens is 418 g/mol. The van der Waals surface area contributed by atoms with Crippen molar-refractivity contribution >= 4 is 27.6 Å². The van der Waals surface area contributed by atoms with Crippen molar-refractivity contribution in [3.63, 3.8) is 0 Å². The lowest BCUT2D eigenvalue weighted by atomic mass is 9.92. The molecule has 5 nitrogen and oxygen atoms in total. The number of nitrogens with one attached hydrogen (secondary N) is 1. The minimum absolute atomic E-state index is 0.0255. The lowest BCUT2D eigenvalue weighted by Gasteiger charge is -2.20. The number of halogens is 1. The average molecular weight is 442 g/mol. The van der Waals surface area contributed by atoms with Crippen molar-refractivity contribution in [1.82, 2.24) is 14.8 Å². The van der Waals surface area contributed by atoms with Gasteiger partial charge < -0.3 is 14.8 Å².